The fourth-order valence-corrected chi connectivity index (χ4v) is 8.21. The smallest absolute Gasteiger partial charge is 0.410 e. The van der Waals surface area contributed by atoms with Crippen molar-refractivity contribution in [3.8, 4) is 0 Å². The summed E-state index contributed by atoms with van der Waals surface area (Å²) in [6, 6.07) is 12.1. The summed E-state index contributed by atoms with van der Waals surface area (Å²) >= 11 is 0. The van der Waals surface area contributed by atoms with Crippen LogP contribution in [-0.4, -0.2) is 139 Å². The third kappa shape index (κ3) is 8.98. The third-order valence-corrected chi connectivity index (χ3v) is 11.3. The Morgan fingerprint density at radius 3 is 2.19 bits per heavy atom. The van der Waals surface area contributed by atoms with Crippen LogP contribution in [0.4, 0.5) is 21.0 Å². The Hall–Kier alpha value is -4.36. The Morgan fingerprint density at radius 2 is 1.52 bits per heavy atom. The second kappa shape index (κ2) is 17.0. The van der Waals surface area contributed by atoms with Crippen molar-refractivity contribution >= 4 is 35.4 Å². The van der Waals surface area contributed by atoms with Gasteiger partial charge in [-0.15, -0.1) is 0 Å². The molecule has 52 heavy (non-hydrogen) atoms. The van der Waals surface area contributed by atoms with E-state index in [-0.39, 0.29) is 30.4 Å². The molecular formula is C39H55N7O6. The van der Waals surface area contributed by atoms with Crippen molar-refractivity contribution in [2.45, 2.75) is 77.5 Å². The van der Waals surface area contributed by atoms with Crippen molar-refractivity contribution in [2.24, 2.45) is 0 Å². The van der Waals surface area contributed by atoms with Crippen LogP contribution in [0.5, 0.6) is 0 Å². The number of nitrogens with one attached hydrogen (secondary N) is 1. The van der Waals surface area contributed by atoms with Gasteiger partial charge in [0.1, 0.15) is 0 Å². The number of carbonyl (C=O) groups is 4. The Balaban J connectivity index is 1.05. The van der Waals surface area contributed by atoms with E-state index < -0.39 is 12.2 Å². The lowest BCUT2D eigenvalue weighted by Gasteiger charge is -2.43. The molecule has 3 saturated heterocycles. The summed E-state index contributed by atoms with van der Waals surface area (Å²) in [7, 11) is 0. The summed E-state index contributed by atoms with van der Waals surface area (Å²) in [5, 5.41) is 3.05. The normalized spacial score (nSPS) is 20.1. The molecule has 2 aromatic rings. The number of aryl methyl sites for hydroxylation is 2. The van der Waals surface area contributed by atoms with Crippen LogP contribution in [0.3, 0.4) is 0 Å². The first-order chi connectivity index (χ1) is 25.1. The number of urea groups is 1. The summed E-state index contributed by atoms with van der Waals surface area (Å²) in [6.07, 6.45) is 2.77. The van der Waals surface area contributed by atoms with Crippen LogP contribution in [0.2, 0.25) is 0 Å². The quantitative estimate of drug-likeness (QED) is 0.294. The van der Waals surface area contributed by atoms with Crippen LogP contribution in [0, 0.1) is 13.8 Å². The van der Waals surface area contributed by atoms with E-state index in [9.17, 15) is 19.2 Å². The molecule has 0 bridgehead atoms. The molecule has 0 saturated carbocycles. The molecule has 0 radical (unpaired) electrons. The first kappa shape index (κ1) is 37.4. The van der Waals surface area contributed by atoms with Gasteiger partial charge in [-0.25, -0.2) is 9.59 Å². The van der Waals surface area contributed by atoms with Gasteiger partial charge in [-0.1, -0.05) is 30.3 Å². The van der Waals surface area contributed by atoms with E-state index in [4.69, 9.17) is 15.2 Å². The maximum Gasteiger partial charge on any atom is 0.410 e. The fraction of sp³-hybridized carbons (Fsp3) is 0.590. The highest BCUT2D eigenvalue weighted by Gasteiger charge is 2.36. The molecule has 1 atom stereocenters. The molecule has 4 amide bonds. The molecule has 13 heteroatoms. The van der Waals surface area contributed by atoms with Crippen molar-refractivity contribution in [3.63, 3.8) is 0 Å². The van der Waals surface area contributed by atoms with Gasteiger partial charge in [-0.05, 0) is 81.2 Å². The van der Waals surface area contributed by atoms with Gasteiger partial charge in [0, 0.05) is 88.8 Å². The molecule has 13 nitrogen and oxygen atoms in total. The Labute approximate surface area is 307 Å². The minimum atomic E-state index is -0.972. The zero-order valence-electron chi connectivity index (χ0n) is 31.0. The number of ether oxygens (including phenoxy) is 2. The van der Waals surface area contributed by atoms with E-state index in [2.05, 4.69) is 15.1 Å². The van der Waals surface area contributed by atoms with Crippen LogP contribution in [0.25, 0.3) is 0 Å². The molecule has 0 spiro atoms. The number of esters is 1. The Bertz CT molecular complexity index is 1570. The van der Waals surface area contributed by atoms with E-state index in [1.807, 2.05) is 67.0 Å². The largest absolute Gasteiger partial charge is 0.465 e. The van der Waals surface area contributed by atoms with Crippen LogP contribution in [-0.2, 0) is 31.9 Å². The molecule has 2 aromatic carbocycles. The number of amides is 4. The molecule has 3 fully saturated rings. The van der Waals surface area contributed by atoms with E-state index in [0.717, 1.165) is 79.1 Å². The zero-order chi connectivity index (χ0) is 36.8. The van der Waals surface area contributed by atoms with Gasteiger partial charge in [-0.3, -0.25) is 19.4 Å². The first-order valence-corrected chi connectivity index (χ1v) is 19.0. The molecular weight excluding hydrogens is 662 g/mol. The molecule has 6 rings (SSSR count). The maximum absolute atomic E-state index is 14.1. The highest BCUT2D eigenvalue weighted by atomic mass is 16.6. The average Bonchev–Trinajstić information content (AvgIpc) is 3.31. The van der Waals surface area contributed by atoms with E-state index >= 15 is 0 Å². The monoisotopic (exact) mass is 717 g/mol. The number of piperazine rings is 1. The lowest BCUT2D eigenvalue weighted by molar-refractivity contribution is -0.144. The molecule has 3 N–H and O–H groups in total. The minimum Gasteiger partial charge on any atom is -0.465 e. The predicted octanol–water partition coefficient (Wildman–Crippen LogP) is 3.66. The lowest BCUT2D eigenvalue weighted by atomic mass is 9.99. The zero-order valence-corrected chi connectivity index (χ0v) is 31.0. The predicted molar refractivity (Wildman–Crippen MR) is 199 cm³/mol. The number of hydrogen-bond donors (Lipinski definition) is 2. The number of para-hydroxylation sites is 1. The molecule has 4 aliphatic rings. The van der Waals surface area contributed by atoms with Crippen molar-refractivity contribution in [2.75, 3.05) is 83.1 Å². The summed E-state index contributed by atoms with van der Waals surface area (Å²) in [4.78, 5) is 62.9. The highest BCUT2D eigenvalue weighted by Crippen LogP contribution is 2.26. The number of nitrogen functional groups attached to an aromatic ring is 1. The molecule has 0 aliphatic carbocycles. The number of fused-ring (bicyclic) bond motifs is 1. The maximum atomic E-state index is 14.1. The average molecular weight is 718 g/mol. The van der Waals surface area contributed by atoms with Gasteiger partial charge in [0.15, 0.2) is 6.10 Å². The van der Waals surface area contributed by atoms with Crippen LogP contribution >= 0.6 is 0 Å². The number of likely N-dealkylation sites (tertiary alicyclic amines) is 2. The molecule has 0 unspecified atom stereocenters. The van der Waals surface area contributed by atoms with Crippen molar-refractivity contribution in [1.82, 2.24) is 24.5 Å². The summed E-state index contributed by atoms with van der Waals surface area (Å²) in [5.41, 5.74) is 11.7. The summed E-state index contributed by atoms with van der Waals surface area (Å²) in [6.45, 7) is 12.3. The number of anilines is 2. The minimum absolute atomic E-state index is 0.0117. The lowest BCUT2D eigenvalue weighted by Crippen LogP contribution is -2.57. The third-order valence-electron chi connectivity index (χ3n) is 11.3. The number of hydrogen-bond acceptors (Lipinski definition) is 9. The Morgan fingerprint density at radius 1 is 0.865 bits per heavy atom. The van der Waals surface area contributed by atoms with Gasteiger partial charge in [-0.2, -0.15) is 0 Å². The molecule has 4 heterocycles. The van der Waals surface area contributed by atoms with Gasteiger partial charge < -0.3 is 35.2 Å². The first-order valence-electron chi connectivity index (χ1n) is 19.0. The molecule has 4 aliphatic heterocycles. The van der Waals surface area contributed by atoms with E-state index in [1.54, 1.807) is 4.90 Å². The van der Waals surface area contributed by atoms with E-state index in [0.29, 0.717) is 64.8 Å². The standard InChI is InChI=1S/C39H55N7O6/c1-4-51-35(47)26-42-14-10-31(11-15-42)43-19-21-44(22-20-43)37(48)34(25-29-23-27(2)36(40)28(3)24-29)52-39(50)45-16-12-32(13-17-45)46-18-9-30-7-5-6-8-33(30)41-38(46)49/h5-8,23-24,31-32,34H,4,9-22,25-26,40H2,1-3H3,(H,41,49)/t34-/m1/s1. The van der Waals surface area contributed by atoms with Crippen molar-refractivity contribution < 1.29 is 28.7 Å². The second-order valence-corrected chi connectivity index (χ2v) is 14.6. The second-order valence-electron chi connectivity index (χ2n) is 14.6. The SMILES string of the molecule is CCOC(=O)CN1CCC(N2CCN(C(=O)[C@@H](Cc3cc(C)c(N)c(C)c3)OC(=O)N3CCC(N4CCc5ccccc5NC4=O)CC3)CC2)CC1. The number of piperidine rings is 2. The molecule has 282 valence electrons. The molecule has 0 aromatic heterocycles. The van der Waals surface area contributed by atoms with Crippen molar-refractivity contribution in [3.05, 3.63) is 58.7 Å². The number of carbonyl (C=O) groups excluding carboxylic acids is 4. The fourth-order valence-electron chi connectivity index (χ4n) is 8.21. The van der Waals surface area contributed by atoms with E-state index in [1.165, 1.54) is 0 Å². The van der Waals surface area contributed by atoms with Crippen LogP contribution < -0.4 is 11.1 Å². The number of benzene rings is 2. The number of rotatable bonds is 9. The van der Waals surface area contributed by atoms with Gasteiger partial charge in [0.25, 0.3) is 5.91 Å². The van der Waals surface area contributed by atoms with Gasteiger partial charge in [0.2, 0.25) is 0 Å². The number of nitrogens with two attached hydrogens (primary N) is 1. The Kier molecular flexibility index (Phi) is 12.2. The van der Waals surface area contributed by atoms with Crippen LogP contribution in [0.1, 0.15) is 54.9 Å². The van der Waals surface area contributed by atoms with Crippen LogP contribution in [0.15, 0.2) is 36.4 Å². The topological polar surface area (TPSA) is 141 Å². The van der Waals surface area contributed by atoms with Crippen molar-refractivity contribution in [1.29, 1.82) is 0 Å². The summed E-state index contributed by atoms with van der Waals surface area (Å²) < 4.78 is 11.2. The number of nitrogens with zero attached hydrogens (tertiary/aromatic N) is 5. The highest BCUT2D eigenvalue weighted by molar-refractivity contribution is 5.91. The van der Waals surface area contributed by atoms with Gasteiger partial charge in [0.05, 0.1) is 13.2 Å². The summed E-state index contributed by atoms with van der Waals surface area (Å²) in [5.74, 6) is -0.356. The van der Waals surface area contributed by atoms with Gasteiger partial charge >= 0.3 is 18.1 Å².